The quantitative estimate of drug-likeness (QED) is 0.653. The van der Waals surface area contributed by atoms with E-state index in [1.54, 1.807) is 19.1 Å². The van der Waals surface area contributed by atoms with Crippen molar-refractivity contribution in [2.45, 2.75) is 19.2 Å². The maximum Gasteiger partial charge on any atom is 0.271 e. The van der Waals surface area contributed by atoms with Crippen LogP contribution >= 0.6 is 11.6 Å². The Morgan fingerprint density at radius 1 is 1.07 bits per heavy atom. The van der Waals surface area contributed by atoms with E-state index in [-0.39, 0.29) is 16.4 Å². The number of nitrogens with one attached hydrogen (secondary N) is 1. The van der Waals surface area contributed by atoms with Crippen LogP contribution in [0.4, 0.5) is 8.78 Å². The van der Waals surface area contributed by atoms with E-state index in [1.807, 2.05) is 0 Å². The molecule has 3 rings (SSSR count). The molecule has 0 aliphatic heterocycles. The largest absolute Gasteiger partial charge is 0.373 e. The molecule has 0 saturated carbocycles. The minimum atomic E-state index is -1.29. The van der Waals surface area contributed by atoms with Gasteiger partial charge in [0.1, 0.15) is 29.2 Å². The summed E-state index contributed by atoms with van der Waals surface area (Å²) < 4.78 is 28.5. The van der Waals surface area contributed by atoms with Gasteiger partial charge in [0.15, 0.2) is 0 Å². The predicted molar refractivity (Wildman–Crippen MR) is 97.7 cm³/mol. The molecule has 1 unspecified atom stereocenters. The molecular formula is C19H16ClF2N3O2. The highest BCUT2D eigenvalue weighted by Gasteiger charge is 2.19. The summed E-state index contributed by atoms with van der Waals surface area (Å²) >= 11 is 5.96. The van der Waals surface area contributed by atoms with Crippen molar-refractivity contribution in [3.63, 3.8) is 0 Å². The maximum atomic E-state index is 14.0. The molecule has 1 heterocycles. The number of aromatic nitrogens is 2. The van der Waals surface area contributed by atoms with Crippen LogP contribution < -0.4 is 10.9 Å². The zero-order valence-corrected chi connectivity index (χ0v) is 15.0. The molecule has 0 fully saturated rings. The van der Waals surface area contributed by atoms with Crippen molar-refractivity contribution < 1.29 is 13.9 Å². The molecule has 2 atom stereocenters. The maximum absolute atomic E-state index is 14.0. The minimum absolute atomic E-state index is 0.0298. The van der Waals surface area contributed by atoms with E-state index in [0.717, 1.165) is 4.68 Å². The highest BCUT2D eigenvalue weighted by Crippen LogP contribution is 2.26. The average Bonchev–Trinajstić information content (AvgIpc) is 2.65. The van der Waals surface area contributed by atoms with Gasteiger partial charge in [-0.15, -0.1) is 0 Å². The number of aliphatic hydroxyl groups excluding tert-OH is 1. The molecular weight excluding hydrogens is 376 g/mol. The van der Waals surface area contributed by atoms with Crippen LogP contribution in [0.5, 0.6) is 0 Å². The second-order valence-electron chi connectivity index (χ2n) is 5.89. The molecule has 0 spiro atoms. The molecule has 27 heavy (non-hydrogen) atoms. The SMILES string of the molecule is C[C@H](NC(O)c1ccc(=O)n(-c2ccccc2F)n1)c1cccc(F)c1Cl. The van der Waals surface area contributed by atoms with Gasteiger partial charge in [0.05, 0.1) is 5.02 Å². The fourth-order valence-corrected chi connectivity index (χ4v) is 2.92. The number of aliphatic hydroxyl groups is 1. The molecule has 1 aromatic heterocycles. The Balaban J connectivity index is 1.88. The van der Waals surface area contributed by atoms with E-state index < -0.39 is 29.5 Å². The Bertz CT molecular complexity index is 1030. The second kappa shape index (κ2) is 7.96. The molecule has 0 amide bonds. The molecule has 140 valence electrons. The number of hydrogen-bond acceptors (Lipinski definition) is 4. The van der Waals surface area contributed by atoms with Crippen molar-refractivity contribution in [1.82, 2.24) is 15.1 Å². The first-order valence-corrected chi connectivity index (χ1v) is 8.49. The molecule has 8 heteroatoms. The first kappa shape index (κ1) is 19.2. The van der Waals surface area contributed by atoms with E-state index in [9.17, 15) is 18.7 Å². The van der Waals surface area contributed by atoms with Gasteiger partial charge in [0, 0.05) is 12.1 Å². The Kier molecular flexibility index (Phi) is 5.65. The third-order valence-electron chi connectivity index (χ3n) is 4.04. The first-order chi connectivity index (χ1) is 12.9. The van der Waals surface area contributed by atoms with E-state index in [1.165, 1.54) is 42.5 Å². The molecule has 2 aromatic carbocycles. The molecule has 0 aliphatic rings. The topological polar surface area (TPSA) is 67.2 Å². The molecule has 0 saturated heterocycles. The lowest BCUT2D eigenvalue weighted by Gasteiger charge is -2.20. The molecule has 5 nitrogen and oxygen atoms in total. The van der Waals surface area contributed by atoms with Crippen LogP contribution in [0.2, 0.25) is 5.02 Å². The molecule has 0 radical (unpaired) electrons. The summed E-state index contributed by atoms with van der Waals surface area (Å²) in [6.07, 6.45) is -1.29. The number of rotatable bonds is 5. The van der Waals surface area contributed by atoms with E-state index in [2.05, 4.69) is 10.4 Å². The molecule has 0 bridgehead atoms. The molecule has 0 aliphatic carbocycles. The summed E-state index contributed by atoms with van der Waals surface area (Å²) in [5.41, 5.74) is -0.0228. The normalized spacial score (nSPS) is 13.4. The van der Waals surface area contributed by atoms with Crippen LogP contribution in [0, 0.1) is 11.6 Å². The Hall–Kier alpha value is -2.61. The third kappa shape index (κ3) is 4.05. The van der Waals surface area contributed by atoms with E-state index in [0.29, 0.717) is 5.56 Å². The summed E-state index contributed by atoms with van der Waals surface area (Å²) in [5.74, 6) is -1.19. The van der Waals surface area contributed by atoms with Gasteiger partial charge in [-0.1, -0.05) is 35.9 Å². The van der Waals surface area contributed by atoms with Gasteiger partial charge in [-0.3, -0.25) is 10.1 Å². The Morgan fingerprint density at radius 3 is 2.52 bits per heavy atom. The zero-order valence-electron chi connectivity index (χ0n) is 14.2. The van der Waals surface area contributed by atoms with Crippen LogP contribution in [0.1, 0.15) is 30.5 Å². The smallest absolute Gasteiger partial charge is 0.271 e. The van der Waals surface area contributed by atoms with Crippen LogP contribution in [0.25, 0.3) is 5.69 Å². The second-order valence-corrected chi connectivity index (χ2v) is 6.27. The van der Waals surface area contributed by atoms with Gasteiger partial charge in [-0.05, 0) is 36.8 Å². The summed E-state index contributed by atoms with van der Waals surface area (Å²) in [6.45, 7) is 1.69. The number of hydrogen-bond donors (Lipinski definition) is 2. The first-order valence-electron chi connectivity index (χ1n) is 8.11. The summed E-state index contributed by atoms with van der Waals surface area (Å²) in [4.78, 5) is 12.0. The van der Waals surface area contributed by atoms with Crippen LogP contribution in [-0.2, 0) is 0 Å². The summed E-state index contributed by atoms with van der Waals surface area (Å²) in [7, 11) is 0. The summed E-state index contributed by atoms with van der Waals surface area (Å²) in [5, 5.41) is 17.2. The fraction of sp³-hybridized carbons (Fsp3) is 0.158. The van der Waals surface area contributed by atoms with Crippen molar-refractivity contribution in [3.8, 4) is 5.69 Å². The van der Waals surface area contributed by atoms with Gasteiger partial charge >= 0.3 is 0 Å². The Labute approximate surface area is 158 Å². The van der Waals surface area contributed by atoms with Gasteiger partial charge < -0.3 is 5.11 Å². The van der Waals surface area contributed by atoms with Crippen molar-refractivity contribution in [3.05, 3.63) is 92.9 Å². The van der Waals surface area contributed by atoms with Crippen molar-refractivity contribution >= 4 is 11.6 Å². The third-order valence-corrected chi connectivity index (χ3v) is 4.44. The molecule has 2 N–H and O–H groups in total. The van der Waals surface area contributed by atoms with E-state index in [4.69, 9.17) is 11.6 Å². The minimum Gasteiger partial charge on any atom is -0.373 e. The zero-order chi connectivity index (χ0) is 19.6. The fourth-order valence-electron chi connectivity index (χ4n) is 2.63. The lowest BCUT2D eigenvalue weighted by Crippen LogP contribution is -2.29. The highest BCUT2D eigenvalue weighted by atomic mass is 35.5. The van der Waals surface area contributed by atoms with E-state index >= 15 is 0 Å². The number of benzene rings is 2. The Morgan fingerprint density at radius 2 is 1.78 bits per heavy atom. The van der Waals surface area contributed by atoms with Crippen LogP contribution in [-0.4, -0.2) is 14.9 Å². The molecule has 3 aromatic rings. The van der Waals surface area contributed by atoms with Crippen LogP contribution in [0.3, 0.4) is 0 Å². The van der Waals surface area contributed by atoms with Gasteiger partial charge in [-0.25, -0.2) is 8.78 Å². The van der Waals surface area contributed by atoms with Gasteiger partial charge in [0.2, 0.25) is 0 Å². The number of nitrogens with zero attached hydrogens (tertiary/aromatic N) is 2. The lowest BCUT2D eigenvalue weighted by atomic mass is 10.1. The predicted octanol–water partition coefficient (Wildman–Crippen LogP) is 3.51. The van der Waals surface area contributed by atoms with Crippen molar-refractivity contribution in [1.29, 1.82) is 0 Å². The lowest BCUT2D eigenvalue weighted by molar-refractivity contribution is 0.120. The van der Waals surface area contributed by atoms with Crippen LogP contribution in [0.15, 0.2) is 59.4 Å². The number of halogens is 3. The monoisotopic (exact) mass is 391 g/mol. The van der Waals surface area contributed by atoms with Crippen molar-refractivity contribution in [2.24, 2.45) is 0 Å². The van der Waals surface area contributed by atoms with Crippen molar-refractivity contribution in [2.75, 3.05) is 0 Å². The highest BCUT2D eigenvalue weighted by molar-refractivity contribution is 6.31. The van der Waals surface area contributed by atoms with Gasteiger partial charge in [-0.2, -0.15) is 9.78 Å². The standard InChI is InChI=1S/C19H16ClF2N3O2/c1-11(12-5-4-7-14(22)18(12)20)23-19(27)15-9-10-17(26)25(24-15)16-8-3-2-6-13(16)21/h2-11,19,23,27H,1H3/t11-,19?/m0/s1. The average molecular weight is 392 g/mol. The summed E-state index contributed by atoms with van der Waals surface area (Å²) in [6, 6.07) is 12.1. The number of para-hydroxylation sites is 1. The van der Waals surface area contributed by atoms with Gasteiger partial charge in [0.25, 0.3) is 5.56 Å².